The van der Waals surface area contributed by atoms with Crippen molar-refractivity contribution in [1.82, 2.24) is 5.32 Å². The molecular formula is C33H30N4O6S. The van der Waals surface area contributed by atoms with Gasteiger partial charge in [-0.3, -0.25) is 19.2 Å². The van der Waals surface area contributed by atoms with E-state index in [1.165, 1.54) is 32.1 Å². The van der Waals surface area contributed by atoms with Crippen LogP contribution in [-0.4, -0.2) is 43.6 Å². The number of benzene rings is 4. The Morgan fingerprint density at radius 1 is 0.773 bits per heavy atom. The first-order chi connectivity index (χ1) is 21.2. The van der Waals surface area contributed by atoms with Crippen molar-refractivity contribution in [1.29, 1.82) is 0 Å². The van der Waals surface area contributed by atoms with Crippen molar-refractivity contribution in [3.8, 4) is 11.5 Å². The highest BCUT2D eigenvalue weighted by Gasteiger charge is 2.17. The molecule has 0 aliphatic rings. The van der Waals surface area contributed by atoms with Crippen molar-refractivity contribution in [2.45, 2.75) is 4.90 Å². The third-order valence-corrected chi connectivity index (χ3v) is 7.22. The first kappa shape index (κ1) is 31.4. The molecule has 0 saturated carbocycles. The molecule has 44 heavy (non-hydrogen) atoms. The molecule has 4 rings (SSSR count). The Morgan fingerprint density at radius 2 is 1.43 bits per heavy atom. The van der Waals surface area contributed by atoms with Crippen LogP contribution in [0.4, 0.5) is 11.4 Å². The molecule has 0 radical (unpaired) electrons. The van der Waals surface area contributed by atoms with Crippen LogP contribution in [0.15, 0.2) is 108 Å². The maximum Gasteiger partial charge on any atom is 0.272 e. The molecule has 0 heterocycles. The van der Waals surface area contributed by atoms with Crippen LogP contribution in [0.1, 0.15) is 26.3 Å². The number of nitrogens with one attached hydrogen (secondary N) is 3. The zero-order chi connectivity index (χ0) is 31.5. The molecular weight excluding hydrogens is 580 g/mol. The molecule has 0 spiro atoms. The summed E-state index contributed by atoms with van der Waals surface area (Å²) in [6, 6.07) is 26.9. The second kappa shape index (κ2) is 15.1. The smallest absolute Gasteiger partial charge is 0.272 e. The lowest BCUT2D eigenvalue weighted by molar-refractivity contribution is -0.114. The Morgan fingerprint density at radius 3 is 2.07 bits per heavy atom. The zero-order valence-corrected chi connectivity index (χ0v) is 24.8. The number of nitrogens with two attached hydrogens (primary N) is 1. The molecule has 0 bridgehead atoms. The highest BCUT2D eigenvalue weighted by molar-refractivity contribution is 8.00. The second-order valence-electron chi connectivity index (χ2n) is 9.24. The van der Waals surface area contributed by atoms with Gasteiger partial charge in [0.05, 0.1) is 20.0 Å². The van der Waals surface area contributed by atoms with Gasteiger partial charge in [0.2, 0.25) is 11.8 Å². The van der Waals surface area contributed by atoms with Crippen molar-refractivity contribution in [3.63, 3.8) is 0 Å². The maximum absolute atomic E-state index is 13.4. The minimum Gasteiger partial charge on any atom is -0.497 e. The van der Waals surface area contributed by atoms with Crippen molar-refractivity contribution in [3.05, 3.63) is 119 Å². The van der Waals surface area contributed by atoms with Crippen LogP contribution >= 0.6 is 11.8 Å². The topological polar surface area (TPSA) is 149 Å². The van der Waals surface area contributed by atoms with Crippen molar-refractivity contribution >= 4 is 52.8 Å². The molecule has 4 aromatic rings. The molecule has 0 aliphatic carbocycles. The summed E-state index contributed by atoms with van der Waals surface area (Å²) in [7, 11) is 3.04. The van der Waals surface area contributed by atoms with Gasteiger partial charge in [0.15, 0.2) is 0 Å². The molecule has 0 unspecified atom stereocenters. The first-order valence-electron chi connectivity index (χ1n) is 13.3. The summed E-state index contributed by atoms with van der Waals surface area (Å²) in [6.45, 7) is 0. The SMILES string of the molecule is COc1ccc(/C=C(\NC(=O)c2ccccc2)C(=O)Nc2ccc(SCC(=O)Nc3ccc(C(N)=O)cc3)cc2)c(OC)c1. The molecule has 0 aliphatic heterocycles. The van der Waals surface area contributed by atoms with Crippen LogP contribution < -0.4 is 31.2 Å². The van der Waals surface area contributed by atoms with Crippen LogP contribution in [0.3, 0.4) is 0 Å². The maximum atomic E-state index is 13.4. The van der Waals surface area contributed by atoms with E-state index in [-0.39, 0.29) is 17.4 Å². The van der Waals surface area contributed by atoms with Gasteiger partial charge in [-0.1, -0.05) is 18.2 Å². The number of rotatable bonds is 12. The van der Waals surface area contributed by atoms with E-state index in [2.05, 4.69) is 16.0 Å². The largest absolute Gasteiger partial charge is 0.497 e. The molecule has 4 amide bonds. The van der Waals surface area contributed by atoms with E-state index in [4.69, 9.17) is 15.2 Å². The van der Waals surface area contributed by atoms with Gasteiger partial charge in [0, 0.05) is 39.0 Å². The zero-order valence-electron chi connectivity index (χ0n) is 24.0. The Kier molecular flexibility index (Phi) is 10.8. The summed E-state index contributed by atoms with van der Waals surface area (Å²) in [5.74, 6) is -0.588. The van der Waals surface area contributed by atoms with Crippen LogP contribution in [0.5, 0.6) is 11.5 Å². The summed E-state index contributed by atoms with van der Waals surface area (Å²) >= 11 is 1.31. The molecule has 224 valence electrons. The van der Waals surface area contributed by atoms with Crippen LogP contribution in [-0.2, 0) is 9.59 Å². The van der Waals surface area contributed by atoms with Crippen molar-refractivity contribution in [2.24, 2.45) is 5.73 Å². The lowest BCUT2D eigenvalue weighted by atomic mass is 10.1. The summed E-state index contributed by atoms with van der Waals surface area (Å²) in [5.41, 5.74) is 7.58. The van der Waals surface area contributed by atoms with Gasteiger partial charge < -0.3 is 31.2 Å². The molecule has 4 aromatic carbocycles. The predicted octanol–water partition coefficient (Wildman–Crippen LogP) is 4.94. The second-order valence-corrected chi connectivity index (χ2v) is 10.3. The average Bonchev–Trinajstić information content (AvgIpc) is 3.04. The molecule has 10 nitrogen and oxygen atoms in total. The minimum atomic E-state index is -0.547. The summed E-state index contributed by atoms with van der Waals surface area (Å²) < 4.78 is 10.7. The Hall–Kier alpha value is -5.55. The van der Waals surface area contributed by atoms with E-state index in [1.807, 2.05) is 0 Å². The number of thioether (sulfide) groups is 1. The molecule has 0 saturated heterocycles. The van der Waals surface area contributed by atoms with Crippen molar-refractivity contribution in [2.75, 3.05) is 30.6 Å². The number of anilines is 2. The number of amides is 4. The molecule has 5 N–H and O–H groups in total. The monoisotopic (exact) mass is 610 g/mol. The van der Waals surface area contributed by atoms with Gasteiger partial charge in [-0.05, 0) is 78.9 Å². The number of hydrogen-bond donors (Lipinski definition) is 4. The molecule has 11 heteroatoms. The summed E-state index contributed by atoms with van der Waals surface area (Å²) in [4.78, 5) is 50.7. The summed E-state index contributed by atoms with van der Waals surface area (Å²) in [5, 5.41) is 8.28. The fourth-order valence-corrected chi connectivity index (χ4v) is 4.63. The first-order valence-corrected chi connectivity index (χ1v) is 14.3. The van der Waals surface area contributed by atoms with Crippen LogP contribution in [0.25, 0.3) is 6.08 Å². The number of ether oxygens (including phenoxy) is 2. The third kappa shape index (κ3) is 8.73. The van der Waals surface area contributed by atoms with E-state index in [0.29, 0.717) is 39.6 Å². The molecule has 0 fully saturated rings. The van der Waals surface area contributed by atoms with E-state index in [1.54, 1.807) is 97.1 Å². The fourth-order valence-electron chi connectivity index (χ4n) is 3.93. The normalized spacial score (nSPS) is 10.8. The highest BCUT2D eigenvalue weighted by atomic mass is 32.2. The van der Waals surface area contributed by atoms with E-state index in [9.17, 15) is 19.2 Å². The van der Waals surface area contributed by atoms with Gasteiger partial charge in [0.25, 0.3) is 11.8 Å². The standard InChI is InChI=1S/C33H30N4O6S/c1-42-26-15-10-23(29(19-26)43-2)18-28(37-32(40)22-6-4-3-5-7-22)33(41)36-25-13-16-27(17-14-25)44-20-30(38)35-24-11-8-21(9-12-24)31(34)39/h3-19H,20H2,1-2H3,(H2,34,39)(H,35,38)(H,36,41)(H,37,40)/b28-18-. The average molecular weight is 611 g/mol. The molecule has 0 aromatic heterocycles. The van der Waals surface area contributed by atoms with E-state index >= 15 is 0 Å². The number of carbonyl (C=O) groups is 4. The van der Waals surface area contributed by atoms with Gasteiger partial charge in [0.1, 0.15) is 17.2 Å². The van der Waals surface area contributed by atoms with Crippen LogP contribution in [0, 0.1) is 0 Å². The number of primary amides is 1. The van der Waals surface area contributed by atoms with Gasteiger partial charge in [-0.25, -0.2) is 0 Å². The quantitative estimate of drug-likeness (QED) is 0.131. The van der Waals surface area contributed by atoms with Gasteiger partial charge in [-0.15, -0.1) is 11.8 Å². The lowest BCUT2D eigenvalue weighted by Crippen LogP contribution is -2.30. The Balaban J connectivity index is 1.43. The minimum absolute atomic E-state index is 0.00121. The Bertz CT molecular complexity index is 1670. The van der Waals surface area contributed by atoms with Crippen molar-refractivity contribution < 1.29 is 28.7 Å². The van der Waals surface area contributed by atoms with Gasteiger partial charge >= 0.3 is 0 Å². The number of carbonyl (C=O) groups excluding carboxylic acids is 4. The predicted molar refractivity (Wildman–Crippen MR) is 171 cm³/mol. The third-order valence-electron chi connectivity index (χ3n) is 6.20. The molecule has 0 atom stereocenters. The Labute approximate surface area is 258 Å². The lowest BCUT2D eigenvalue weighted by Gasteiger charge is -2.13. The number of hydrogen-bond acceptors (Lipinski definition) is 7. The van der Waals surface area contributed by atoms with E-state index in [0.717, 1.165) is 4.90 Å². The van der Waals surface area contributed by atoms with Crippen LogP contribution in [0.2, 0.25) is 0 Å². The highest BCUT2D eigenvalue weighted by Crippen LogP contribution is 2.27. The number of methoxy groups -OCH3 is 2. The summed E-state index contributed by atoms with van der Waals surface area (Å²) in [6.07, 6.45) is 1.53. The van der Waals surface area contributed by atoms with Gasteiger partial charge in [-0.2, -0.15) is 0 Å². The van der Waals surface area contributed by atoms with E-state index < -0.39 is 17.7 Å². The fraction of sp³-hybridized carbons (Fsp3) is 0.0909.